The maximum absolute atomic E-state index is 11.2. The van der Waals surface area contributed by atoms with Crippen molar-refractivity contribution < 1.29 is 133 Å². The number of hydrogen-bond donors (Lipinski definition) is 4. The molecule has 0 heterocycles. The van der Waals surface area contributed by atoms with Gasteiger partial charge in [0.25, 0.3) is 0 Å². The average Bonchev–Trinajstić information content (AvgIpc) is 1.24. The van der Waals surface area contributed by atoms with Crippen molar-refractivity contribution in [2.75, 3.05) is 60.8 Å². The van der Waals surface area contributed by atoms with Crippen LogP contribution >= 0.6 is 0 Å². The Kier molecular flexibility index (Phi) is 152. The normalized spacial score (nSPS) is 11.9. The Balaban J connectivity index is -0.0000000742. The fourth-order valence-electron chi connectivity index (χ4n) is 7.32. The van der Waals surface area contributed by atoms with Gasteiger partial charge in [-0.15, -0.1) is 0 Å². The summed E-state index contributed by atoms with van der Waals surface area (Å²) >= 11 is 0. The predicted octanol–water partition coefficient (Wildman–Crippen LogP) is 22.6. The van der Waals surface area contributed by atoms with Gasteiger partial charge >= 0.3 is 23.9 Å². The summed E-state index contributed by atoms with van der Waals surface area (Å²) in [6.45, 7) is 51.0. The Morgan fingerprint density at radius 1 is 0.475 bits per heavy atom. The van der Waals surface area contributed by atoms with Gasteiger partial charge in [-0.25, -0.2) is 4.79 Å². The third-order valence-corrected chi connectivity index (χ3v) is 12.5. The van der Waals surface area contributed by atoms with Crippen LogP contribution in [0.25, 0.3) is 0 Å². The number of hydrogen-bond acceptors (Lipinski definition) is 14. The van der Waals surface area contributed by atoms with Crippen LogP contribution in [0.3, 0.4) is 0 Å². The Bertz CT molecular complexity index is 1750. The number of aryl methyl sites for hydroxylation is 2. The molecule has 1 unspecified atom stereocenters. The molecule has 3 fully saturated rings. The van der Waals surface area contributed by atoms with Crippen LogP contribution in [-0.4, -0.2) is 111 Å². The third kappa shape index (κ3) is 135. The largest absolute Gasteiger partial charge is 0.428 e. The van der Waals surface area contributed by atoms with Crippen molar-refractivity contribution in [1.82, 2.24) is 0 Å². The number of benzene rings is 3. The van der Waals surface area contributed by atoms with E-state index in [0.29, 0.717) is 30.4 Å². The Morgan fingerprint density at radius 3 is 1.00 bits per heavy atom. The van der Waals surface area contributed by atoms with Gasteiger partial charge in [-0.05, 0) is 95.8 Å². The minimum Gasteiger partial charge on any atom is -0.428 e. The Labute approximate surface area is 664 Å². The monoisotopic (exact) mass is 1560 g/mol. The van der Waals surface area contributed by atoms with Crippen LogP contribution in [0.15, 0.2) is 91.0 Å². The minimum absolute atomic E-state index is 0. The van der Waals surface area contributed by atoms with E-state index in [9.17, 15) is 19.2 Å². The average molecular weight is 1560 g/mol. The quantitative estimate of drug-likeness (QED) is 0.0826. The topological polar surface area (TPSA) is 205 Å². The van der Waals surface area contributed by atoms with Crippen LogP contribution in [0.2, 0.25) is 0 Å². The number of ether oxygens (including phenoxy) is 6. The second-order valence-electron chi connectivity index (χ2n) is 22.8. The Morgan fingerprint density at radius 2 is 0.788 bits per heavy atom. The molecule has 3 saturated carbocycles. The third-order valence-electron chi connectivity index (χ3n) is 12.5. The van der Waals surface area contributed by atoms with Crippen LogP contribution < -0.4 is 0 Å². The molecule has 6 rings (SSSR count). The fraction of sp³-hybridized carbons (Fsp3) is 0.735. The van der Waals surface area contributed by atoms with Gasteiger partial charge < -0.3 is 48.8 Å². The molecule has 584 valence electrons. The first-order chi connectivity index (χ1) is 46.6. The van der Waals surface area contributed by atoms with Crippen molar-refractivity contribution in [2.24, 2.45) is 23.7 Å². The van der Waals surface area contributed by atoms with Crippen molar-refractivity contribution in [3.63, 3.8) is 0 Å². The van der Waals surface area contributed by atoms with E-state index in [2.05, 4.69) is 159 Å². The molecule has 0 bridgehead atoms. The van der Waals surface area contributed by atoms with Crippen LogP contribution in [0.5, 0.6) is 0 Å². The predicted molar refractivity (Wildman–Crippen MR) is 418 cm³/mol. The summed E-state index contributed by atoms with van der Waals surface area (Å²) in [7, 11) is 2.00. The van der Waals surface area contributed by atoms with Gasteiger partial charge in [-0.3, -0.25) is 14.4 Å². The first-order valence-electron chi connectivity index (χ1n) is 37.6. The molecule has 1 atom stereocenters. The fourth-order valence-corrected chi connectivity index (χ4v) is 7.32. The summed E-state index contributed by atoms with van der Waals surface area (Å²) in [5, 5.41) is 29.1. The van der Waals surface area contributed by atoms with Crippen LogP contribution in [0, 0.1) is 30.6 Å². The van der Waals surface area contributed by atoms with Gasteiger partial charge in [0.15, 0.2) is 0 Å². The van der Waals surface area contributed by atoms with E-state index in [1.54, 1.807) is 58.0 Å². The smallest absolute Gasteiger partial charge is 0.340 e. The van der Waals surface area contributed by atoms with E-state index in [-0.39, 0.29) is 104 Å². The van der Waals surface area contributed by atoms with Gasteiger partial charge in [0.2, 0.25) is 13.6 Å². The molecular weight excluding hydrogens is 1400 g/mol. The minimum atomic E-state index is -0.508. The van der Waals surface area contributed by atoms with Crippen molar-refractivity contribution in [3.8, 4) is 0 Å². The second-order valence-corrected chi connectivity index (χ2v) is 22.8. The Hall–Kier alpha value is -2.49. The maximum atomic E-state index is 11.2. The van der Waals surface area contributed by atoms with E-state index in [1.807, 2.05) is 52.0 Å². The molecule has 3 aromatic carbocycles. The van der Waals surface area contributed by atoms with E-state index in [0.717, 1.165) is 64.6 Å². The van der Waals surface area contributed by atoms with Crippen LogP contribution in [-0.2, 0) is 115 Å². The van der Waals surface area contributed by atoms with E-state index in [1.165, 1.54) is 140 Å². The summed E-state index contributed by atoms with van der Waals surface area (Å²) < 4.78 is 28.4. The summed E-state index contributed by atoms with van der Waals surface area (Å²) in [6.07, 6.45) is 30.8. The molecule has 0 amide bonds. The molecule has 0 aromatic heterocycles. The molecule has 14 nitrogen and oxygen atoms in total. The van der Waals surface area contributed by atoms with Crippen molar-refractivity contribution in [2.45, 2.75) is 320 Å². The van der Waals surface area contributed by atoms with Gasteiger partial charge in [0.05, 0.1) is 11.7 Å². The molecule has 0 aliphatic heterocycles. The van der Waals surface area contributed by atoms with Gasteiger partial charge in [0, 0.05) is 132 Å². The first kappa shape index (κ1) is 126. The standard InChI is InChI=1S/C10H10O4.C8H18O.C8H16.C8H10.C7H12O4.2C7H14.C7H8.C4H10O.3C3H8.2C2H6O.C2H6.2CH4O.2Y/c1-8(11)13-7-14-10(12)9-5-3-2-4-6-9;1-5-8(4)9-6-7(2)3;2*1-2-8-6-4-3-5-7-8;1-3-6(8)10-5-11-7(9)4-2;3*1-7-5-3-2-4-6-7;1-3-5-4-2;3*1-3-2;2*1-2-3;3*1-2;;/h2-6H,7H2,1H3;7-8H,5-6H2,1-4H3;8H,2-7H2,1H3;3-7H,2H2,1H3;3-5H2,1-2H3;2*7H,2-6H2,1H3;2-6H,1H3;3-4H2,1-2H3;3*3H2,1-2H3;2*3H,2H2,1H3;1-2H3;2*2H,1H3;;. The first-order valence-corrected chi connectivity index (χ1v) is 37.6. The molecule has 99 heavy (non-hydrogen) atoms. The zero-order valence-electron chi connectivity index (χ0n) is 69.3. The number of aliphatic hydroxyl groups excluding tert-OH is 4. The van der Waals surface area contributed by atoms with Crippen LogP contribution in [0.1, 0.15) is 322 Å². The van der Waals surface area contributed by atoms with Crippen molar-refractivity contribution >= 4 is 23.9 Å². The van der Waals surface area contributed by atoms with Crippen molar-refractivity contribution in [3.05, 3.63) is 108 Å². The molecule has 2 radical (unpaired) electrons. The number of esters is 4. The number of rotatable bonds is 15. The summed E-state index contributed by atoms with van der Waals surface area (Å²) in [5.74, 6) is 2.10. The molecule has 4 N–H and O–H groups in total. The molecule has 3 aliphatic rings. The van der Waals surface area contributed by atoms with Crippen molar-refractivity contribution in [1.29, 1.82) is 0 Å². The molecule has 0 spiro atoms. The molecular formula is C83H162O14Y2. The maximum Gasteiger partial charge on any atom is 0.340 e. The van der Waals surface area contributed by atoms with Gasteiger partial charge in [-0.2, -0.15) is 0 Å². The van der Waals surface area contributed by atoms with Gasteiger partial charge in [0.1, 0.15) is 0 Å². The zero-order valence-corrected chi connectivity index (χ0v) is 75.0. The number of aliphatic hydroxyl groups is 4. The van der Waals surface area contributed by atoms with E-state index >= 15 is 0 Å². The van der Waals surface area contributed by atoms with Crippen LogP contribution in [0.4, 0.5) is 0 Å². The van der Waals surface area contributed by atoms with E-state index < -0.39 is 11.9 Å². The summed E-state index contributed by atoms with van der Waals surface area (Å²) in [4.78, 5) is 42.5. The molecule has 3 aliphatic carbocycles. The number of carbonyl (C=O) groups excluding carboxylic acids is 4. The second kappa shape index (κ2) is 119. The SMILES string of the molecule is CC.CC(=O)OCOC(=O)c1ccccc1.CC1CCCCC1.CC1CCCCC1.CCC.CCC.CCC.CCC(=O)OCOC(=O)CC.CCC(C)OCC(C)C.CCC1CCCCC1.CCO.CCO.CCOCC.CCc1ccccc1.CO.CO.Cc1ccccc1.[Y].[Y]. The number of carbonyl (C=O) groups is 4. The zero-order chi connectivity index (χ0) is 77.0. The molecule has 16 heteroatoms. The molecule has 3 aromatic rings. The van der Waals surface area contributed by atoms with Gasteiger partial charge in [-0.1, -0.05) is 324 Å². The molecule has 0 saturated heterocycles. The van der Waals surface area contributed by atoms with E-state index in [4.69, 9.17) is 29.9 Å². The summed E-state index contributed by atoms with van der Waals surface area (Å²) in [5.41, 5.74) is 3.16. The summed E-state index contributed by atoms with van der Waals surface area (Å²) in [6, 6.07) is 29.2.